The van der Waals surface area contributed by atoms with Gasteiger partial charge in [-0.15, -0.1) is 0 Å². The first-order valence-corrected chi connectivity index (χ1v) is 10.9. The summed E-state index contributed by atoms with van der Waals surface area (Å²) in [7, 11) is 3.67. The number of nitrogens with two attached hydrogens (primary N) is 2. The number of rotatable bonds is 5. The first-order chi connectivity index (χ1) is 17.5. The standard InChI is InChI=1S/C19H20N4OS.C2H8N2.ClH.2NO3.Pt/c1-20-19(25)23(2)11-10-21-18(24)15-8-5-7-14-12-13-6-3-4-9-16(13)22-17(14)15;3-1-2-4;;2*2-1(3)4;/h3-9,12H,10-11H2,1-2H3,(H,20,25)(H,21,24);1-4H2;1H;;;/q;;;2*-1;+2/p-1. The van der Waals surface area contributed by atoms with Crippen molar-refractivity contribution in [1.82, 2.24) is 20.5 Å². The van der Waals surface area contributed by atoms with Crippen LogP contribution >= 0.6 is 12.2 Å². The molecule has 1 heterocycles. The number of likely N-dealkylation sites (N-methyl/N-ethyl adjacent to an activating group) is 1. The van der Waals surface area contributed by atoms with E-state index in [-0.39, 0.29) is 39.4 Å². The number of fused-ring (bicyclic) bond motifs is 2. The SMILES string of the molecule is CNC(=S)N(C)CCNC(=O)c1cccc2cc3ccccc3nc12.NCCN.O=[N+]([O-])[O-].O=[N+]([O-])[O-].[Cl-].[Pt+2]. The van der Waals surface area contributed by atoms with Crippen molar-refractivity contribution in [3.63, 3.8) is 0 Å². The van der Waals surface area contributed by atoms with Gasteiger partial charge >= 0.3 is 21.1 Å². The molecule has 0 aliphatic carbocycles. The van der Waals surface area contributed by atoms with E-state index in [1.54, 1.807) is 13.1 Å². The molecule has 1 aromatic heterocycles. The molecule has 6 N–H and O–H groups in total. The summed E-state index contributed by atoms with van der Waals surface area (Å²) in [6.45, 7) is 2.33. The van der Waals surface area contributed by atoms with E-state index in [1.165, 1.54) is 0 Å². The Morgan fingerprint density at radius 3 is 2.03 bits per heavy atom. The first kappa shape index (κ1) is 40.1. The predicted molar refractivity (Wildman–Crippen MR) is 145 cm³/mol. The molecule has 0 aliphatic rings. The number of carbonyl (C=O) groups excluding carboxylic acids is 1. The number of halogens is 1. The number of para-hydroxylation sites is 2. The molecule has 0 saturated heterocycles. The van der Waals surface area contributed by atoms with Crippen molar-refractivity contribution in [1.29, 1.82) is 0 Å². The fourth-order valence-electron chi connectivity index (χ4n) is 2.71. The molecule has 18 heteroatoms. The molecule has 0 spiro atoms. The van der Waals surface area contributed by atoms with Gasteiger partial charge in [0.05, 0.1) is 26.8 Å². The van der Waals surface area contributed by atoms with Crippen molar-refractivity contribution in [2.75, 3.05) is 40.3 Å². The van der Waals surface area contributed by atoms with Crippen molar-refractivity contribution >= 4 is 45.0 Å². The molecule has 1 amide bonds. The van der Waals surface area contributed by atoms with E-state index in [0.29, 0.717) is 36.9 Å². The Kier molecular flexibility index (Phi) is 23.2. The average Bonchev–Trinajstić information content (AvgIpc) is 2.85. The molecule has 0 atom stereocenters. The number of carbonyl (C=O) groups is 1. The van der Waals surface area contributed by atoms with Gasteiger partial charge in [-0.05, 0) is 30.4 Å². The van der Waals surface area contributed by atoms with Gasteiger partial charge in [-0.1, -0.05) is 30.3 Å². The van der Waals surface area contributed by atoms with Crippen LogP contribution in [0.3, 0.4) is 0 Å². The zero-order valence-corrected chi connectivity index (χ0v) is 24.7. The number of benzene rings is 2. The molecule has 0 bridgehead atoms. The second kappa shape index (κ2) is 22.5. The van der Waals surface area contributed by atoms with Gasteiger partial charge in [0, 0.05) is 51.0 Å². The maximum Gasteiger partial charge on any atom is 2.00 e. The molecular formula is C21H28ClN8O7PtS-. The number of hydrogen-bond donors (Lipinski definition) is 4. The number of pyridine rings is 1. The van der Waals surface area contributed by atoms with Crippen molar-refractivity contribution in [2.45, 2.75) is 0 Å². The Balaban J connectivity index is -0.000000787. The van der Waals surface area contributed by atoms with Crippen molar-refractivity contribution in [2.24, 2.45) is 11.5 Å². The Hall–Kier alpha value is -3.43. The summed E-state index contributed by atoms with van der Waals surface area (Å²) < 4.78 is 0. The Morgan fingerprint density at radius 2 is 1.51 bits per heavy atom. The zero-order chi connectivity index (χ0) is 28.4. The van der Waals surface area contributed by atoms with E-state index in [2.05, 4.69) is 21.7 Å². The topological polar surface area (TPSA) is 242 Å². The van der Waals surface area contributed by atoms with Crippen molar-refractivity contribution in [3.8, 4) is 0 Å². The minimum Gasteiger partial charge on any atom is -1.00 e. The summed E-state index contributed by atoms with van der Waals surface area (Å²) in [4.78, 5) is 35.7. The van der Waals surface area contributed by atoms with Crippen LogP contribution in [-0.2, 0) is 21.1 Å². The molecule has 39 heavy (non-hydrogen) atoms. The van der Waals surface area contributed by atoms with Gasteiger partial charge in [0.1, 0.15) is 0 Å². The molecule has 0 fully saturated rings. The third kappa shape index (κ3) is 16.9. The van der Waals surface area contributed by atoms with Crippen LogP contribution in [0, 0.1) is 30.6 Å². The summed E-state index contributed by atoms with van der Waals surface area (Å²) in [5.74, 6) is -0.128. The van der Waals surface area contributed by atoms with Crippen LogP contribution in [0.15, 0.2) is 48.5 Å². The maximum atomic E-state index is 12.6. The Morgan fingerprint density at radius 1 is 1.00 bits per heavy atom. The number of nitrogens with zero attached hydrogens (tertiary/aromatic N) is 4. The minimum atomic E-state index is -1.75. The summed E-state index contributed by atoms with van der Waals surface area (Å²) in [6, 6.07) is 15.6. The number of hydrogen-bond acceptors (Lipinski definition) is 11. The molecule has 2 aromatic carbocycles. The van der Waals surface area contributed by atoms with Gasteiger partial charge in [-0.3, -0.25) is 4.79 Å². The third-order valence-electron chi connectivity index (χ3n) is 4.25. The largest absolute Gasteiger partial charge is 2.00 e. The van der Waals surface area contributed by atoms with Gasteiger partial charge in [-0.25, -0.2) is 4.98 Å². The van der Waals surface area contributed by atoms with Crippen molar-refractivity contribution < 1.29 is 48.4 Å². The normalized spacial score (nSPS) is 8.82. The van der Waals surface area contributed by atoms with Crippen LogP contribution < -0.4 is 34.5 Å². The van der Waals surface area contributed by atoms with Crippen molar-refractivity contribution in [3.05, 3.63) is 84.7 Å². The van der Waals surface area contributed by atoms with Crippen LogP contribution in [0.25, 0.3) is 21.8 Å². The predicted octanol–water partition coefficient (Wildman–Crippen LogP) is -2.02. The van der Waals surface area contributed by atoms with Gasteiger partial charge in [0.2, 0.25) is 0 Å². The molecule has 0 radical (unpaired) electrons. The average molecular weight is 767 g/mol. The Bertz CT molecular complexity index is 1170. The molecule has 218 valence electrons. The van der Waals surface area contributed by atoms with E-state index in [1.807, 2.05) is 48.3 Å². The fourth-order valence-corrected chi connectivity index (χ4v) is 2.80. The van der Waals surface area contributed by atoms with E-state index in [9.17, 15) is 4.79 Å². The fraction of sp³-hybridized carbons (Fsp3) is 0.286. The summed E-state index contributed by atoms with van der Waals surface area (Å²) in [6.07, 6.45) is 0. The molecule has 3 rings (SSSR count). The van der Waals surface area contributed by atoms with E-state index in [4.69, 9.17) is 54.3 Å². The second-order valence-electron chi connectivity index (χ2n) is 6.82. The van der Waals surface area contributed by atoms with Gasteiger partial charge in [0.25, 0.3) is 5.91 Å². The molecule has 0 saturated carbocycles. The van der Waals surface area contributed by atoms with Crippen LogP contribution in [-0.4, -0.2) is 71.4 Å². The smallest absolute Gasteiger partial charge is 1.00 e. The molecule has 15 nitrogen and oxygen atoms in total. The summed E-state index contributed by atoms with van der Waals surface area (Å²) >= 11 is 5.15. The van der Waals surface area contributed by atoms with E-state index < -0.39 is 10.2 Å². The Labute approximate surface area is 249 Å². The van der Waals surface area contributed by atoms with Crippen LogP contribution in [0.2, 0.25) is 0 Å². The second-order valence-corrected chi connectivity index (χ2v) is 7.20. The molecule has 0 aliphatic heterocycles. The van der Waals surface area contributed by atoms with Gasteiger partial charge in [-0.2, -0.15) is 0 Å². The van der Waals surface area contributed by atoms with Crippen LogP contribution in [0.1, 0.15) is 10.4 Å². The number of nitrogens with one attached hydrogen (secondary N) is 2. The molecule has 0 unspecified atom stereocenters. The molecular weight excluding hydrogens is 739 g/mol. The first-order valence-electron chi connectivity index (χ1n) is 10.5. The number of amides is 1. The van der Waals surface area contributed by atoms with Crippen LogP contribution in [0.5, 0.6) is 0 Å². The number of aromatic nitrogens is 1. The third-order valence-corrected chi connectivity index (χ3v) is 4.77. The molecule has 3 aromatic rings. The van der Waals surface area contributed by atoms with Gasteiger partial charge < -0.3 is 70.1 Å². The van der Waals surface area contributed by atoms with Gasteiger partial charge in [0.15, 0.2) is 5.11 Å². The quantitative estimate of drug-likeness (QED) is 0.0951. The van der Waals surface area contributed by atoms with E-state index >= 15 is 0 Å². The number of thiocarbonyl (C=S) groups is 1. The van der Waals surface area contributed by atoms with Crippen LogP contribution in [0.4, 0.5) is 0 Å². The minimum absolute atomic E-state index is 0. The summed E-state index contributed by atoms with van der Waals surface area (Å²) in [5.41, 5.74) is 12.0. The summed E-state index contributed by atoms with van der Waals surface area (Å²) in [5, 5.41) is 38.0. The monoisotopic (exact) mass is 766 g/mol. The zero-order valence-electron chi connectivity index (χ0n) is 20.9. The maximum absolute atomic E-state index is 12.6. The van der Waals surface area contributed by atoms with E-state index in [0.717, 1.165) is 21.8 Å².